The lowest BCUT2D eigenvalue weighted by Gasteiger charge is -2.36. The van der Waals surface area contributed by atoms with Crippen LogP contribution in [-0.4, -0.2) is 49.6 Å². The van der Waals surface area contributed by atoms with Crippen LogP contribution in [-0.2, 0) is 25.4 Å². The number of carbonyl (C=O) groups excluding carboxylic acids is 1. The fourth-order valence-electron chi connectivity index (χ4n) is 3.96. The molecule has 7 heteroatoms. The molecule has 6 nitrogen and oxygen atoms in total. The van der Waals surface area contributed by atoms with Crippen LogP contribution in [0.15, 0.2) is 35.3 Å². The van der Waals surface area contributed by atoms with Gasteiger partial charge in [0.05, 0.1) is 11.2 Å². The Kier molecular flexibility index (Phi) is 6.51. The number of aliphatic imine (C=N–C) groups is 1. The quantitative estimate of drug-likeness (QED) is 0.432. The van der Waals surface area contributed by atoms with Crippen LogP contribution in [0.1, 0.15) is 46.1 Å². The standard InChI is InChI=1S/C22H33BN2O4/c1-20(2)21(3,4)29-23(28-20)12-11-18-13-22(24-5,16-25-14-18)19(26)27-15-17-9-7-6-8-10-17/h6-10,18,25H,5,11-16H2,1-4H3/t18-,22-/m1/s1. The molecule has 0 amide bonds. The summed E-state index contributed by atoms with van der Waals surface area (Å²) in [6, 6.07) is 9.67. The molecule has 1 aromatic carbocycles. The number of hydrogen-bond acceptors (Lipinski definition) is 6. The second-order valence-electron chi connectivity index (χ2n) is 9.22. The molecule has 1 aromatic rings. The topological polar surface area (TPSA) is 69.2 Å². The van der Waals surface area contributed by atoms with Crippen molar-refractivity contribution in [1.29, 1.82) is 0 Å². The zero-order valence-electron chi connectivity index (χ0n) is 18.1. The fraction of sp³-hybridized carbons (Fsp3) is 0.636. The lowest BCUT2D eigenvalue weighted by atomic mass is 9.75. The third-order valence-electron chi connectivity index (χ3n) is 6.48. The van der Waals surface area contributed by atoms with E-state index < -0.39 is 5.54 Å². The average Bonchev–Trinajstić information content (AvgIpc) is 2.92. The van der Waals surface area contributed by atoms with E-state index in [2.05, 4.69) is 44.7 Å². The maximum absolute atomic E-state index is 12.9. The van der Waals surface area contributed by atoms with Crippen molar-refractivity contribution < 1.29 is 18.8 Å². The monoisotopic (exact) mass is 400 g/mol. The number of carbonyl (C=O) groups is 1. The van der Waals surface area contributed by atoms with Crippen LogP contribution >= 0.6 is 0 Å². The van der Waals surface area contributed by atoms with Gasteiger partial charge in [-0.1, -0.05) is 36.8 Å². The van der Waals surface area contributed by atoms with Crippen molar-refractivity contribution >= 4 is 19.8 Å². The average molecular weight is 400 g/mol. The molecule has 0 unspecified atom stereocenters. The van der Waals surface area contributed by atoms with Crippen LogP contribution in [0.5, 0.6) is 0 Å². The molecular formula is C22H33BN2O4. The van der Waals surface area contributed by atoms with Crippen LogP contribution in [0.25, 0.3) is 0 Å². The Morgan fingerprint density at radius 1 is 1.24 bits per heavy atom. The summed E-state index contributed by atoms with van der Waals surface area (Å²) in [5, 5.41) is 3.35. The molecule has 0 radical (unpaired) electrons. The minimum Gasteiger partial charge on any atom is -0.459 e. The van der Waals surface area contributed by atoms with Gasteiger partial charge in [-0.2, -0.15) is 0 Å². The summed E-state index contributed by atoms with van der Waals surface area (Å²) in [7, 11) is -0.224. The van der Waals surface area contributed by atoms with Crippen molar-refractivity contribution in [3.8, 4) is 0 Å². The number of ether oxygens (including phenoxy) is 1. The van der Waals surface area contributed by atoms with Gasteiger partial charge >= 0.3 is 13.1 Å². The second kappa shape index (κ2) is 8.58. The number of nitrogens with one attached hydrogen (secondary N) is 1. The van der Waals surface area contributed by atoms with Crippen LogP contribution in [0.2, 0.25) is 6.32 Å². The number of nitrogens with zero attached hydrogens (tertiary/aromatic N) is 1. The zero-order chi connectivity index (χ0) is 21.1. The van der Waals surface area contributed by atoms with Gasteiger partial charge in [-0.15, -0.1) is 0 Å². The smallest absolute Gasteiger partial charge is 0.457 e. The largest absolute Gasteiger partial charge is 0.459 e. The number of piperidine rings is 1. The molecule has 0 bridgehead atoms. The van der Waals surface area contributed by atoms with E-state index in [1.165, 1.54) is 0 Å². The van der Waals surface area contributed by atoms with Crippen LogP contribution in [0, 0.1) is 5.92 Å². The van der Waals surface area contributed by atoms with Crippen molar-refractivity contribution in [2.75, 3.05) is 13.1 Å². The van der Waals surface area contributed by atoms with Gasteiger partial charge in [0.1, 0.15) is 6.61 Å². The van der Waals surface area contributed by atoms with Crippen molar-refractivity contribution in [2.45, 2.75) is 70.2 Å². The zero-order valence-corrected chi connectivity index (χ0v) is 18.1. The van der Waals surface area contributed by atoms with Crippen molar-refractivity contribution in [1.82, 2.24) is 5.32 Å². The molecule has 0 aromatic heterocycles. The summed E-state index contributed by atoms with van der Waals surface area (Å²) in [5.74, 6) is -0.0401. The molecule has 0 saturated carbocycles. The minimum atomic E-state index is -0.937. The molecule has 2 aliphatic heterocycles. The third kappa shape index (κ3) is 4.90. The van der Waals surface area contributed by atoms with Crippen molar-refractivity contribution in [3.05, 3.63) is 35.9 Å². The minimum absolute atomic E-state index is 0.224. The number of hydrogen-bond donors (Lipinski definition) is 1. The van der Waals surface area contributed by atoms with Crippen molar-refractivity contribution in [2.24, 2.45) is 10.9 Å². The summed E-state index contributed by atoms with van der Waals surface area (Å²) in [6.07, 6.45) is 2.29. The van der Waals surface area contributed by atoms with E-state index in [1.54, 1.807) is 0 Å². The Morgan fingerprint density at radius 2 is 1.90 bits per heavy atom. The van der Waals surface area contributed by atoms with E-state index >= 15 is 0 Å². The first-order valence-corrected chi connectivity index (χ1v) is 10.4. The van der Waals surface area contributed by atoms with E-state index in [0.29, 0.717) is 13.0 Å². The normalized spacial score (nSPS) is 28.1. The van der Waals surface area contributed by atoms with Gasteiger partial charge in [-0.3, -0.25) is 4.99 Å². The highest BCUT2D eigenvalue weighted by molar-refractivity contribution is 6.45. The summed E-state index contributed by atoms with van der Waals surface area (Å²) in [6.45, 7) is 13.5. The first-order valence-electron chi connectivity index (χ1n) is 10.4. The molecule has 1 N–H and O–H groups in total. The Bertz CT molecular complexity index is 709. The molecular weight excluding hydrogens is 367 g/mol. The predicted octanol–water partition coefficient (Wildman–Crippen LogP) is 3.26. The summed E-state index contributed by atoms with van der Waals surface area (Å²) >= 11 is 0. The van der Waals surface area contributed by atoms with Gasteiger partial charge < -0.3 is 19.4 Å². The van der Waals surface area contributed by atoms with Gasteiger partial charge in [0.15, 0.2) is 5.54 Å². The molecule has 2 aliphatic rings. The SMILES string of the molecule is C=N[C@@]1(C(=O)OCc2ccccc2)CNC[C@H](CCB2OC(C)(C)C(C)(C)O2)C1. The van der Waals surface area contributed by atoms with Gasteiger partial charge in [0.25, 0.3) is 0 Å². The molecule has 29 heavy (non-hydrogen) atoms. The highest BCUT2D eigenvalue weighted by Gasteiger charge is 2.51. The van der Waals surface area contributed by atoms with Crippen LogP contribution in [0.3, 0.4) is 0 Å². The van der Waals surface area contributed by atoms with Crippen LogP contribution < -0.4 is 5.32 Å². The van der Waals surface area contributed by atoms with Crippen molar-refractivity contribution in [3.63, 3.8) is 0 Å². The highest BCUT2D eigenvalue weighted by Crippen LogP contribution is 2.39. The molecule has 3 rings (SSSR count). The van der Waals surface area contributed by atoms with E-state index in [-0.39, 0.29) is 36.8 Å². The number of esters is 1. The molecule has 0 aliphatic carbocycles. The number of benzene rings is 1. The van der Waals surface area contributed by atoms with Gasteiger partial charge in [0, 0.05) is 6.54 Å². The first-order chi connectivity index (χ1) is 13.7. The Hall–Kier alpha value is -1.70. The molecule has 158 valence electrons. The summed E-state index contributed by atoms with van der Waals surface area (Å²) < 4.78 is 17.8. The Morgan fingerprint density at radius 3 is 2.52 bits per heavy atom. The molecule has 2 saturated heterocycles. The van der Waals surface area contributed by atoms with Gasteiger partial charge in [-0.25, -0.2) is 4.79 Å². The lowest BCUT2D eigenvalue weighted by Crippen LogP contribution is -2.54. The Balaban J connectivity index is 1.55. The molecule has 2 fully saturated rings. The van der Waals surface area contributed by atoms with E-state index in [1.807, 2.05) is 30.3 Å². The molecule has 0 spiro atoms. The summed E-state index contributed by atoms with van der Waals surface area (Å²) in [5.41, 5.74) is -0.624. The second-order valence-corrected chi connectivity index (χ2v) is 9.22. The summed E-state index contributed by atoms with van der Waals surface area (Å²) in [4.78, 5) is 17.1. The number of rotatable bonds is 7. The highest BCUT2D eigenvalue weighted by atomic mass is 16.7. The third-order valence-corrected chi connectivity index (χ3v) is 6.48. The predicted molar refractivity (Wildman–Crippen MR) is 115 cm³/mol. The molecule has 2 atom stereocenters. The van der Waals surface area contributed by atoms with E-state index in [4.69, 9.17) is 14.0 Å². The van der Waals surface area contributed by atoms with E-state index in [0.717, 1.165) is 24.8 Å². The lowest BCUT2D eigenvalue weighted by molar-refractivity contribution is -0.152. The van der Waals surface area contributed by atoms with Gasteiger partial charge in [-0.05, 0) is 65.2 Å². The van der Waals surface area contributed by atoms with Gasteiger partial charge in [0.2, 0.25) is 0 Å². The fourth-order valence-corrected chi connectivity index (χ4v) is 3.96. The molecule has 2 heterocycles. The Labute approximate surface area is 174 Å². The maximum Gasteiger partial charge on any atom is 0.457 e. The maximum atomic E-state index is 12.9. The first kappa shape index (κ1) is 22.0. The van der Waals surface area contributed by atoms with Crippen LogP contribution in [0.4, 0.5) is 0 Å². The van der Waals surface area contributed by atoms with E-state index in [9.17, 15) is 4.79 Å².